The molecule has 2 heterocycles. The summed E-state index contributed by atoms with van der Waals surface area (Å²) in [4.78, 5) is 0. The molecular weight excluding hydrogens is 232 g/mol. The highest BCUT2D eigenvalue weighted by atomic mass is 79.9. The van der Waals surface area contributed by atoms with Crippen LogP contribution in [0.25, 0.3) is 0 Å². The number of aryl methyl sites for hydroxylation is 2. The fourth-order valence-corrected chi connectivity index (χ4v) is 1.44. The summed E-state index contributed by atoms with van der Waals surface area (Å²) in [6, 6.07) is 1.93. The Morgan fingerprint density at radius 1 is 1.54 bits per heavy atom. The van der Waals surface area contributed by atoms with Crippen LogP contribution in [-0.4, -0.2) is 20.0 Å². The smallest absolute Gasteiger partial charge is 0.128 e. The Morgan fingerprint density at radius 2 is 2.46 bits per heavy atom. The highest BCUT2D eigenvalue weighted by Crippen LogP contribution is 2.05. The molecule has 1 N–H and O–H groups in total. The fourth-order valence-electron chi connectivity index (χ4n) is 1.12. The lowest BCUT2D eigenvalue weighted by atomic mass is 10.2. The molecule has 0 bridgehead atoms. The maximum atomic E-state index is 4.21. The summed E-state index contributed by atoms with van der Waals surface area (Å²) in [6.45, 7) is 0.880. The highest BCUT2D eigenvalue weighted by molar-refractivity contribution is 9.10. The van der Waals surface area contributed by atoms with Crippen LogP contribution in [-0.2, 0) is 13.0 Å². The molecule has 0 aliphatic rings. The zero-order valence-corrected chi connectivity index (χ0v) is 8.53. The molecule has 13 heavy (non-hydrogen) atoms. The van der Waals surface area contributed by atoms with Crippen LogP contribution in [0.2, 0.25) is 0 Å². The van der Waals surface area contributed by atoms with E-state index in [4.69, 9.17) is 0 Å². The highest BCUT2D eigenvalue weighted by Gasteiger charge is 1.97. The Bertz CT molecular complexity index is 365. The van der Waals surface area contributed by atoms with E-state index in [1.54, 1.807) is 0 Å². The first-order valence-electron chi connectivity index (χ1n) is 4.01. The number of hydrogen-bond donors (Lipinski definition) is 1. The van der Waals surface area contributed by atoms with Crippen molar-refractivity contribution in [3.8, 4) is 0 Å². The van der Waals surface area contributed by atoms with Gasteiger partial charge in [-0.25, -0.2) is 0 Å². The Hall–Kier alpha value is -1.10. The van der Waals surface area contributed by atoms with Crippen molar-refractivity contribution in [2.45, 2.75) is 13.0 Å². The zero-order valence-electron chi connectivity index (χ0n) is 6.94. The summed E-state index contributed by atoms with van der Waals surface area (Å²) in [5, 5.41) is 10.9. The van der Waals surface area contributed by atoms with Crippen LogP contribution in [0.3, 0.4) is 0 Å². The predicted molar refractivity (Wildman–Crippen MR) is 52.2 cm³/mol. The number of hydrogen-bond acceptors (Lipinski definition) is 2. The zero-order chi connectivity index (χ0) is 9.10. The number of nitrogens with one attached hydrogen (secondary N) is 1. The largest absolute Gasteiger partial charge is 0.285 e. The van der Waals surface area contributed by atoms with Crippen LogP contribution in [0.4, 0.5) is 0 Å². The van der Waals surface area contributed by atoms with Gasteiger partial charge in [-0.3, -0.25) is 9.78 Å². The quantitative estimate of drug-likeness (QED) is 0.887. The third-order valence-corrected chi connectivity index (χ3v) is 2.22. The molecule has 2 rings (SSSR count). The van der Waals surface area contributed by atoms with Gasteiger partial charge in [0.2, 0.25) is 0 Å². The van der Waals surface area contributed by atoms with Crippen molar-refractivity contribution in [2.24, 2.45) is 0 Å². The molecule has 0 unspecified atom stereocenters. The van der Waals surface area contributed by atoms with Crippen molar-refractivity contribution >= 4 is 15.9 Å². The second-order valence-electron chi connectivity index (χ2n) is 2.76. The number of aromatic nitrogens is 4. The van der Waals surface area contributed by atoms with Gasteiger partial charge in [0.1, 0.15) is 4.60 Å². The van der Waals surface area contributed by atoms with E-state index in [9.17, 15) is 0 Å². The van der Waals surface area contributed by atoms with Crippen molar-refractivity contribution in [3.63, 3.8) is 0 Å². The Kier molecular flexibility index (Phi) is 2.44. The number of H-pyrrole nitrogens is 1. The first-order chi connectivity index (χ1) is 6.34. The lowest BCUT2D eigenvalue weighted by Gasteiger charge is -1.97. The maximum absolute atomic E-state index is 4.21. The van der Waals surface area contributed by atoms with Gasteiger partial charge in [-0.2, -0.15) is 10.2 Å². The fraction of sp³-hybridized carbons (Fsp3) is 0.250. The topological polar surface area (TPSA) is 46.5 Å². The molecule has 0 spiro atoms. The lowest BCUT2D eigenvalue weighted by Crippen LogP contribution is -2.00. The molecule has 0 fully saturated rings. The number of nitrogens with zero attached hydrogens (tertiary/aromatic N) is 3. The van der Waals surface area contributed by atoms with Gasteiger partial charge in [0, 0.05) is 18.9 Å². The molecule has 0 aliphatic carbocycles. The van der Waals surface area contributed by atoms with Crippen molar-refractivity contribution in [2.75, 3.05) is 0 Å². The van der Waals surface area contributed by atoms with E-state index in [2.05, 4.69) is 31.2 Å². The summed E-state index contributed by atoms with van der Waals surface area (Å²) >= 11 is 3.30. The monoisotopic (exact) mass is 240 g/mol. The summed E-state index contributed by atoms with van der Waals surface area (Å²) in [5.74, 6) is 0. The molecule has 0 aromatic carbocycles. The van der Waals surface area contributed by atoms with Crippen molar-refractivity contribution in [1.29, 1.82) is 0 Å². The van der Waals surface area contributed by atoms with Gasteiger partial charge in [-0.15, -0.1) is 0 Å². The van der Waals surface area contributed by atoms with E-state index in [0.717, 1.165) is 17.6 Å². The lowest BCUT2D eigenvalue weighted by molar-refractivity contribution is 0.611. The molecule has 68 valence electrons. The van der Waals surface area contributed by atoms with E-state index < -0.39 is 0 Å². The Morgan fingerprint density at radius 3 is 3.08 bits per heavy atom. The summed E-state index contributed by atoms with van der Waals surface area (Å²) in [5.41, 5.74) is 1.20. The maximum Gasteiger partial charge on any atom is 0.128 e. The molecule has 0 amide bonds. The summed E-state index contributed by atoms with van der Waals surface area (Å²) in [6.07, 6.45) is 6.63. The van der Waals surface area contributed by atoms with Gasteiger partial charge in [0.25, 0.3) is 0 Å². The minimum atomic E-state index is 0.875. The Balaban J connectivity index is 1.93. The first-order valence-corrected chi connectivity index (χ1v) is 4.80. The van der Waals surface area contributed by atoms with Crippen LogP contribution in [0.1, 0.15) is 5.56 Å². The molecule has 0 radical (unpaired) electrons. The summed E-state index contributed by atoms with van der Waals surface area (Å²) < 4.78 is 2.77. The second kappa shape index (κ2) is 3.74. The third-order valence-electron chi connectivity index (χ3n) is 1.79. The van der Waals surface area contributed by atoms with E-state index >= 15 is 0 Å². The molecule has 0 atom stereocenters. The number of halogens is 1. The van der Waals surface area contributed by atoms with E-state index in [1.807, 2.05) is 29.3 Å². The average molecular weight is 241 g/mol. The van der Waals surface area contributed by atoms with Crippen LogP contribution >= 0.6 is 15.9 Å². The molecule has 2 aromatic heterocycles. The molecule has 5 heteroatoms. The predicted octanol–water partition coefficient (Wildman–Crippen LogP) is 1.61. The standard InChI is InChI=1S/C8H9BrN4/c9-8-2-4-13(12-8)3-1-7-5-10-11-6-7/h2,4-6H,1,3H2,(H,10,11). The number of aromatic amines is 1. The molecule has 0 aliphatic heterocycles. The van der Waals surface area contributed by atoms with E-state index in [0.29, 0.717) is 0 Å². The van der Waals surface area contributed by atoms with Gasteiger partial charge < -0.3 is 0 Å². The van der Waals surface area contributed by atoms with Crippen LogP contribution in [0, 0.1) is 0 Å². The second-order valence-corrected chi connectivity index (χ2v) is 3.57. The van der Waals surface area contributed by atoms with Gasteiger partial charge in [-0.1, -0.05) is 0 Å². The average Bonchev–Trinajstić information content (AvgIpc) is 2.71. The van der Waals surface area contributed by atoms with E-state index in [1.165, 1.54) is 5.56 Å². The third kappa shape index (κ3) is 2.18. The van der Waals surface area contributed by atoms with Crippen LogP contribution in [0.5, 0.6) is 0 Å². The Labute approximate surface area is 84.1 Å². The van der Waals surface area contributed by atoms with Gasteiger partial charge in [0.05, 0.1) is 6.20 Å². The molecule has 0 saturated heterocycles. The molecular formula is C8H9BrN4. The summed E-state index contributed by atoms with van der Waals surface area (Å²) in [7, 11) is 0. The first kappa shape index (κ1) is 8.50. The molecule has 0 saturated carbocycles. The van der Waals surface area contributed by atoms with Crippen molar-refractivity contribution < 1.29 is 0 Å². The minimum Gasteiger partial charge on any atom is -0.285 e. The minimum absolute atomic E-state index is 0.875. The molecule has 2 aromatic rings. The molecule has 4 nitrogen and oxygen atoms in total. The van der Waals surface area contributed by atoms with Gasteiger partial charge in [-0.05, 0) is 34.0 Å². The van der Waals surface area contributed by atoms with Gasteiger partial charge in [0.15, 0.2) is 0 Å². The normalized spacial score (nSPS) is 10.5. The van der Waals surface area contributed by atoms with Crippen molar-refractivity contribution in [1.82, 2.24) is 20.0 Å². The van der Waals surface area contributed by atoms with Crippen LogP contribution in [0.15, 0.2) is 29.3 Å². The van der Waals surface area contributed by atoms with Crippen LogP contribution < -0.4 is 0 Å². The van der Waals surface area contributed by atoms with E-state index in [-0.39, 0.29) is 0 Å². The number of rotatable bonds is 3. The SMILES string of the molecule is Brc1ccn(CCc2cn[nH]c2)n1. The van der Waals surface area contributed by atoms with Gasteiger partial charge >= 0.3 is 0 Å². The van der Waals surface area contributed by atoms with Crippen molar-refractivity contribution in [3.05, 3.63) is 34.8 Å².